The van der Waals surface area contributed by atoms with E-state index in [1.54, 1.807) is 6.08 Å². The molecule has 3 aromatic rings. The standard InChI is InChI=1S/C24H23N3O4/c1-2-14-12-24(14,23(29)30)27-21(28)20-11-15(13-25-20)31-22-18-9-4-3-7-16(18)17-8-5-6-10-19(17)26-22/h2-10,14-15,20,25H,1,11-13H2,(H,27,28)(H,29,30)/t14?,15-,20+,24?/m1/s1. The van der Waals surface area contributed by atoms with Crippen LogP contribution in [-0.4, -0.2) is 46.2 Å². The SMILES string of the molecule is C=CC1CC1(NC(=O)[C@@H]1C[C@@H](Oc2nc3ccccc3c3ccccc23)CN1)C(=O)O. The first-order valence-electron chi connectivity index (χ1n) is 10.4. The number of fused-ring (bicyclic) bond motifs is 3. The normalized spacial score (nSPS) is 27.2. The molecule has 2 fully saturated rings. The van der Waals surface area contributed by atoms with Gasteiger partial charge in [0.25, 0.3) is 0 Å². The molecule has 1 saturated heterocycles. The molecule has 1 aromatic heterocycles. The molecule has 0 spiro atoms. The average Bonchev–Trinajstić information content (AvgIpc) is 3.31. The van der Waals surface area contributed by atoms with Crippen LogP contribution in [0.4, 0.5) is 0 Å². The summed E-state index contributed by atoms with van der Waals surface area (Å²) in [5.74, 6) is -1.05. The van der Waals surface area contributed by atoms with Gasteiger partial charge in [-0.3, -0.25) is 4.79 Å². The lowest BCUT2D eigenvalue weighted by Crippen LogP contribution is -2.51. The summed E-state index contributed by atoms with van der Waals surface area (Å²) in [5.41, 5.74) is -0.376. The topological polar surface area (TPSA) is 101 Å². The van der Waals surface area contributed by atoms with Crippen molar-refractivity contribution in [3.8, 4) is 5.88 Å². The molecule has 3 N–H and O–H groups in total. The Morgan fingerprint density at radius 1 is 1.16 bits per heavy atom. The minimum Gasteiger partial charge on any atom is -0.479 e. The molecule has 1 aliphatic heterocycles. The monoisotopic (exact) mass is 417 g/mol. The van der Waals surface area contributed by atoms with Crippen molar-refractivity contribution in [3.05, 3.63) is 61.2 Å². The lowest BCUT2D eigenvalue weighted by atomic mass is 10.1. The number of hydrogen-bond donors (Lipinski definition) is 3. The zero-order valence-electron chi connectivity index (χ0n) is 16.9. The number of aromatic nitrogens is 1. The van der Waals surface area contributed by atoms with Crippen LogP contribution >= 0.6 is 0 Å². The van der Waals surface area contributed by atoms with Gasteiger partial charge in [0.15, 0.2) is 0 Å². The maximum atomic E-state index is 12.7. The number of amides is 1. The Hall–Kier alpha value is -3.45. The number of hydrogen-bond acceptors (Lipinski definition) is 5. The number of carbonyl (C=O) groups excluding carboxylic acids is 1. The third-order valence-corrected chi connectivity index (χ3v) is 6.29. The largest absolute Gasteiger partial charge is 0.479 e. The Morgan fingerprint density at radius 2 is 1.87 bits per heavy atom. The van der Waals surface area contributed by atoms with Crippen LogP contribution in [0.2, 0.25) is 0 Å². The number of rotatable bonds is 6. The molecular formula is C24H23N3O4. The third kappa shape index (κ3) is 3.31. The van der Waals surface area contributed by atoms with E-state index in [0.29, 0.717) is 25.3 Å². The minimum absolute atomic E-state index is 0.240. The molecule has 0 bridgehead atoms. The van der Waals surface area contributed by atoms with E-state index in [4.69, 9.17) is 9.72 Å². The summed E-state index contributed by atoms with van der Waals surface area (Å²) in [6, 6.07) is 15.4. The summed E-state index contributed by atoms with van der Waals surface area (Å²) in [5, 5.41) is 18.4. The Balaban J connectivity index is 1.33. The van der Waals surface area contributed by atoms with Gasteiger partial charge in [-0.25, -0.2) is 9.78 Å². The molecule has 7 heteroatoms. The molecule has 158 valence electrons. The first kappa shape index (κ1) is 19.5. The molecule has 2 aromatic carbocycles. The maximum absolute atomic E-state index is 12.7. The van der Waals surface area contributed by atoms with Crippen LogP contribution < -0.4 is 15.4 Å². The highest BCUT2D eigenvalue weighted by atomic mass is 16.5. The highest BCUT2D eigenvalue weighted by Gasteiger charge is 2.60. The number of nitrogens with zero attached hydrogens (tertiary/aromatic N) is 1. The lowest BCUT2D eigenvalue weighted by molar-refractivity contribution is -0.143. The van der Waals surface area contributed by atoms with Crippen LogP contribution in [0.5, 0.6) is 5.88 Å². The van der Waals surface area contributed by atoms with E-state index in [2.05, 4.69) is 17.2 Å². The smallest absolute Gasteiger partial charge is 0.330 e. The van der Waals surface area contributed by atoms with Crippen molar-refractivity contribution in [3.63, 3.8) is 0 Å². The van der Waals surface area contributed by atoms with Crippen LogP contribution in [-0.2, 0) is 9.59 Å². The Bertz CT molecular complexity index is 1210. The maximum Gasteiger partial charge on any atom is 0.330 e. The molecule has 31 heavy (non-hydrogen) atoms. The van der Waals surface area contributed by atoms with Crippen LogP contribution in [0.1, 0.15) is 12.8 Å². The lowest BCUT2D eigenvalue weighted by Gasteiger charge is -2.18. The molecule has 7 nitrogen and oxygen atoms in total. The van der Waals surface area contributed by atoms with Crippen molar-refractivity contribution in [2.24, 2.45) is 5.92 Å². The van der Waals surface area contributed by atoms with E-state index in [9.17, 15) is 14.7 Å². The van der Waals surface area contributed by atoms with Gasteiger partial charge >= 0.3 is 5.97 Å². The number of carboxylic acid groups (broad SMARTS) is 1. The minimum atomic E-state index is -1.23. The second-order valence-electron chi connectivity index (χ2n) is 8.23. The second-order valence-corrected chi connectivity index (χ2v) is 8.23. The zero-order chi connectivity index (χ0) is 21.6. The van der Waals surface area contributed by atoms with Crippen molar-refractivity contribution in [1.29, 1.82) is 0 Å². The van der Waals surface area contributed by atoms with Gasteiger partial charge in [0.2, 0.25) is 11.8 Å². The second kappa shape index (κ2) is 7.35. The molecular weight excluding hydrogens is 394 g/mol. The van der Waals surface area contributed by atoms with Gasteiger partial charge in [0.05, 0.1) is 11.6 Å². The molecule has 4 atom stereocenters. The first-order chi connectivity index (χ1) is 15.0. The number of para-hydroxylation sites is 1. The van der Waals surface area contributed by atoms with Crippen molar-refractivity contribution in [1.82, 2.24) is 15.6 Å². The number of nitrogens with one attached hydrogen (secondary N) is 2. The number of benzene rings is 2. The fourth-order valence-electron chi connectivity index (χ4n) is 4.44. The molecule has 2 unspecified atom stereocenters. The van der Waals surface area contributed by atoms with Crippen LogP contribution in [0.3, 0.4) is 0 Å². The van der Waals surface area contributed by atoms with Gasteiger partial charge < -0.3 is 20.5 Å². The highest BCUT2D eigenvalue weighted by molar-refractivity contribution is 6.07. The molecule has 2 heterocycles. The molecule has 1 amide bonds. The van der Waals surface area contributed by atoms with Gasteiger partial charge in [0.1, 0.15) is 11.6 Å². The number of ether oxygens (including phenoxy) is 1. The molecule has 5 rings (SSSR count). The van der Waals surface area contributed by atoms with Gasteiger partial charge in [-0.05, 0) is 23.9 Å². The quantitative estimate of drug-likeness (QED) is 0.421. The first-order valence-corrected chi connectivity index (χ1v) is 10.4. The van der Waals surface area contributed by atoms with E-state index < -0.39 is 17.6 Å². The molecule has 1 aliphatic carbocycles. The Morgan fingerprint density at radius 3 is 2.58 bits per heavy atom. The van der Waals surface area contributed by atoms with Gasteiger partial charge in [-0.1, -0.05) is 42.5 Å². The fourth-order valence-corrected chi connectivity index (χ4v) is 4.44. The summed E-state index contributed by atoms with van der Waals surface area (Å²) in [6.45, 7) is 4.13. The van der Waals surface area contributed by atoms with Gasteiger partial charge in [0, 0.05) is 29.7 Å². The van der Waals surface area contributed by atoms with Crippen molar-refractivity contribution in [2.45, 2.75) is 30.5 Å². The predicted octanol–water partition coefficient (Wildman–Crippen LogP) is 2.64. The van der Waals surface area contributed by atoms with E-state index in [1.807, 2.05) is 48.5 Å². The zero-order valence-corrected chi connectivity index (χ0v) is 16.9. The van der Waals surface area contributed by atoms with Crippen molar-refractivity contribution < 1.29 is 19.4 Å². The molecule has 1 saturated carbocycles. The predicted molar refractivity (Wildman–Crippen MR) is 117 cm³/mol. The Labute approximate surface area is 179 Å². The number of carboxylic acids is 1. The highest BCUT2D eigenvalue weighted by Crippen LogP contribution is 2.44. The van der Waals surface area contributed by atoms with E-state index >= 15 is 0 Å². The number of carbonyl (C=O) groups is 2. The van der Waals surface area contributed by atoms with Gasteiger partial charge in [-0.15, -0.1) is 6.58 Å². The summed E-state index contributed by atoms with van der Waals surface area (Å²) < 4.78 is 6.23. The Kier molecular flexibility index (Phi) is 4.63. The van der Waals surface area contributed by atoms with Crippen LogP contribution in [0.15, 0.2) is 61.2 Å². The van der Waals surface area contributed by atoms with Crippen LogP contribution in [0, 0.1) is 5.92 Å². The summed E-state index contributed by atoms with van der Waals surface area (Å²) in [4.78, 5) is 29.0. The van der Waals surface area contributed by atoms with E-state index in [0.717, 1.165) is 21.7 Å². The average molecular weight is 417 g/mol. The summed E-state index contributed by atoms with van der Waals surface area (Å²) in [6.07, 6.45) is 2.14. The number of aliphatic carboxylic acids is 1. The summed E-state index contributed by atoms with van der Waals surface area (Å²) in [7, 11) is 0. The van der Waals surface area contributed by atoms with Crippen molar-refractivity contribution in [2.75, 3.05) is 6.54 Å². The fraction of sp³-hybridized carbons (Fsp3) is 0.292. The van der Waals surface area contributed by atoms with Crippen molar-refractivity contribution >= 4 is 33.6 Å². The van der Waals surface area contributed by atoms with E-state index in [-0.39, 0.29) is 17.9 Å². The van der Waals surface area contributed by atoms with E-state index in [1.165, 1.54) is 0 Å². The molecule has 2 aliphatic rings. The molecule has 0 radical (unpaired) electrons. The summed E-state index contributed by atoms with van der Waals surface area (Å²) >= 11 is 0. The van der Waals surface area contributed by atoms with Crippen LogP contribution in [0.25, 0.3) is 21.7 Å². The number of pyridine rings is 1. The van der Waals surface area contributed by atoms with Gasteiger partial charge in [-0.2, -0.15) is 0 Å². The third-order valence-electron chi connectivity index (χ3n) is 6.29.